The minimum absolute atomic E-state index is 0.381. The van der Waals surface area contributed by atoms with Crippen LogP contribution in [0.2, 0.25) is 0 Å². The van der Waals surface area contributed by atoms with Gasteiger partial charge in [0.05, 0.1) is 5.92 Å². The molecule has 2 N–H and O–H groups in total. The van der Waals surface area contributed by atoms with Crippen molar-refractivity contribution in [2.75, 3.05) is 17.8 Å². The first-order chi connectivity index (χ1) is 10.4. The van der Waals surface area contributed by atoms with Gasteiger partial charge in [-0.3, -0.25) is 4.79 Å². The maximum atomic E-state index is 11.1. The molecule has 0 amide bonds. The van der Waals surface area contributed by atoms with Crippen LogP contribution in [0.25, 0.3) is 0 Å². The van der Waals surface area contributed by atoms with Crippen LogP contribution in [0.15, 0.2) is 0 Å². The monoisotopic (exact) mass is 334 g/mol. The standard InChI is InChI=1S/C18H38O3S/c1-4-6-7-8-9-10-11-12-13-14-15-22(3,21)16-17(5-2)18(19)20/h17,21H,4-16H2,1-3H3,(H,19,20). The van der Waals surface area contributed by atoms with E-state index in [0.29, 0.717) is 12.2 Å². The molecule has 0 aliphatic rings. The van der Waals surface area contributed by atoms with Gasteiger partial charge in [-0.15, -0.1) is 10.3 Å². The van der Waals surface area contributed by atoms with E-state index in [2.05, 4.69) is 6.92 Å². The van der Waals surface area contributed by atoms with Gasteiger partial charge < -0.3 is 9.66 Å². The van der Waals surface area contributed by atoms with E-state index in [1.54, 1.807) is 0 Å². The Hall–Kier alpha value is -0.220. The molecule has 2 atom stereocenters. The predicted octanol–water partition coefficient (Wildman–Crippen LogP) is 5.93. The van der Waals surface area contributed by atoms with Crippen molar-refractivity contribution in [1.29, 1.82) is 0 Å². The number of aliphatic carboxylic acids is 1. The number of hydrogen-bond donors (Lipinski definition) is 2. The van der Waals surface area contributed by atoms with Gasteiger partial charge >= 0.3 is 5.97 Å². The molecule has 0 aromatic carbocycles. The summed E-state index contributed by atoms with van der Waals surface area (Å²) in [5, 5.41) is 9.08. The average Bonchev–Trinajstić information content (AvgIpc) is 2.46. The normalized spacial score (nSPS) is 16.9. The van der Waals surface area contributed by atoms with E-state index in [1.165, 1.54) is 57.8 Å². The van der Waals surface area contributed by atoms with Crippen LogP contribution in [-0.2, 0) is 4.79 Å². The van der Waals surface area contributed by atoms with Crippen molar-refractivity contribution in [3.63, 3.8) is 0 Å². The highest BCUT2D eigenvalue weighted by Crippen LogP contribution is 2.42. The van der Waals surface area contributed by atoms with Crippen LogP contribution in [0.3, 0.4) is 0 Å². The van der Waals surface area contributed by atoms with Crippen molar-refractivity contribution in [3.05, 3.63) is 0 Å². The van der Waals surface area contributed by atoms with Crippen LogP contribution >= 0.6 is 10.3 Å². The van der Waals surface area contributed by atoms with Gasteiger partial charge in [0.15, 0.2) is 0 Å². The highest BCUT2D eigenvalue weighted by atomic mass is 32.3. The molecule has 0 rings (SSSR count). The smallest absolute Gasteiger partial charge is 0.307 e. The maximum absolute atomic E-state index is 11.1. The molecule has 0 heterocycles. The van der Waals surface area contributed by atoms with Crippen LogP contribution in [0.1, 0.15) is 84.5 Å². The third-order valence-corrected chi connectivity index (χ3v) is 6.63. The summed E-state index contributed by atoms with van der Waals surface area (Å²) in [4.78, 5) is 11.1. The lowest BCUT2D eigenvalue weighted by Gasteiger charge is -2.31. The molecular weight excluding hydrogens is 296 g/mol. The van der Waals surface area contributed by atoms with Gasteiger partial charge in [-0.05, 0) is 24.9 Å². The third-order valence-electron chi connectivity index (χ3n) is 4.34. The van der Waals surface area contributed by atoms with E-state index in [9.17, 15) is 9.35 Å². The van der Waals surface area contributed by atoms with E-state index in [-0.39, 0.29) is 5.92 Å². The minimum atomic E-state index is -1.73. The highest BCUT2D eigenvalue weighted by Gasteiger charge is 2.24. The minimum Gasteiger partial charge on any atom is -0.481 e. The Labute approximate surface area is 139 Å². The second kappa shape index (κ2) is 13.2. The molecule has 0 aromatic heterocycles. The molecule has 3 nitrogen and oxygen atoms in total. The van der Waals surface area contributed by atoms with E-state index in [0.717, 1.165) is 12.2 Å². The quantitative estimate of drug-likeness (QED) is 0.365. The molecule has 4 heteroatoms. The molecule has 0 saturated carbocycles. The first kappa shape index (κ1) is 21.8. The molecule has 0 saturated heterocycles. The Morgan fingerprint density at radius 1 is 0.909 bits per heavy atom. The number of unbranched alkanes of at least 4 members (excludes halogenated alkanes) is 9. The lowest BCUT2D eigenvalue weighted by molar-refractivity contribution is -0.141. The molecule has 0 aliphatic carbocycles. The topological polar surface area (TPSA) is 57.5 Å². The summed E-state index contributed by atoms with van der Waals surface area (Å²) in [7, 11) is -1.73. The molecule has 0 spiro atoms. The molecule has 0 radical (unpaired) electrons. The van der Waals surface area contributed by atoms with Crippen LogP contribution in [-0.4, -0.2) is 33.4 Å². The second-order valence-electron chi connectivity index (χ2n) is 6.72. The highest BCUT2D eigenvalue weighted by molar-refractivity contribution is 8.28. The van der Waals surface area contributed by atoms with Gasteiger partial charge in [-0.1, -0.05) is 71.6 Å². The number of hydrogen-bond acceptors (Lipinski definition) is 2. The molecular formula is C18H38O3S. The SMILES string of the molecule is CCCCCCCCCCCCS(C)(O)CC(CC)C(=O)O. The number of rotatable bonds is 15. The fourth-order valence-corrected chi connectivity index (χ4v) is 5.02. The Bertz CT molecular complexity index is 280. The van der Waals surface area contributed by atoms with Crippen molar-refractivity contribution in [3.8, 4) is 0 Å². The fraction of sp³-hybridized carbons (Fsp3) is 0.944. The second-order valence-corrected chi connectivity index (χ2v) is 9.90. The molecule has 22 heavy (non-hydrogen) atoms. The first-order valence-corrected chi connectivity index (χ1v) is 11.5. The van der Waals surface area contributed by atoms with Gasteiger partial charge in [0.1, 0.15) is 0 Å². The Balaban J connectivity index is 3.58. The molecule has 0 aromatic rings. The zero-order chi connectivity index (χ0) is 16.8. The van der Waals surface area contributed by atoms with E-state index >= 15 is 0 Å². The summed E-state index contributed by atoms with van der Waals surface area (Å²) in [5.41, 5.74) is 0. The number of carboxylic acids is 1. The number of carbonyl (C=O) groups is 1. The average molecular weight is 335 g/mol. The van der Waals surface area contributed by atoms with E-state index < -0.39 is 16.3 Å². The Morgan fingerprint density at radius 2 is 1.36 bits per heavy atom. The van der Waals surface area contributed by atoms with Gasteiger partial charge in [0, 0.05) is 5.75 Å². The van der Waals surface area contributed by atoms with E-state index in [1.807, 2.05) is 13.2 Å². The lowest BCUT2D eigenvalue weighted by Crippen LogP contribution is -2.22. The molecule has 134 valence electrons. The van der Waals surface area contributed by atoms with Crippen molar-refractivity contribution < 1.29 is 14.5 Å². The Kier molecular flexibility index (Phi) is 13.1. The summed E-state index contributed by atoms with van der Waals surface area (Å²) in [6.07, 6.45) is 15.4. The molecule has 2 unspecified atom stereocenters. The summed E-state index contributed by atoms with van der Waals surface area (Å²) >= 11 is 0. The summed E-state index contributed by atoms with van der Waals surface area (Å²) in [6.45, 7) is 4.13. The lowest BCUT2D eigenvalue weighted by atomic mass is 10.1. The van der Waals surface area contributed by atoms with Crippen LogP contribution in [0, 0.1) is 5.92 Å². The zero-order valence-corrected chi connectivity index (χ0v) is 15.8. The van der Waals surface area contributed by atoms with E-state index in [4.69, 9.17) is 5.11 Å². The number of carboxylic acid groups (broad SMARTS) is 1. The van der Waals surface area contributed by atoms with Crippen molar-refractivity contribution in [1.82, 2.24) is 0 Å². The largest absolute Gasteiger partial charge is 0.481 e. The Morgan fingerprint density at radius 3 is 1.77 bits per heavy atom. The summed E-state index contributed by atoms with van der Waals surface area (Å²) in [6, 6.07) is 0. The first-order valence-electron chi connectivity index (χ1n) is 9.12. The van der Waals surface area contributed by atoms with Crippen molar-refractivity contribution in [2.45, 2.75) is 84.5 Å². The predicted molar refractivity (Wildman–Crippen MR) is 99.1 cm³/mol. The van der Waals surface area contributed by atoms with Gasteiger partial charge in [-0.25, -0.2) is 0 Å². The third kappa shape index (κ3) is 12.3. The fourth-order valence-electron chi connectivity index (χ4n) is 2.78. The van der Waals surface area contributed by atoms with Crippen molar-refractivity contribution in [2.24, 2.45) is 5.92 Å². The van der Waals surface area contributed by atoms with Crippen molar-refractivity contribution >= 4 is 16.3 Å². The summed E-state index contributed by atoms with van der Waals surface area (Å²) in [5.74, 6) is 0.107. The van der Waals surface area contributed by atoms with Crippen LogP contribution in [0.5, 0.6) is 0 Å². The summed E-state index contributed by atoms with van der Waals surface area (Å²) < 4.78 is 10.4. The zero-order valence-electron chi connectivity index (χ0n) is 15.0. The van der Waals surface area contributed by atoms with Crippen LogP contribution in [0.4, 0.5) is 0 Å². The molecule has 0 bridgehead atoms. The van der Waals surface area contributed by atoms with Crippen LogP contribution < -0.4 is 0 Å². The van der Waals surface area contributed by atoms with Gasteiger partial charge in [0.2, 0.25) is 0 Å². The molecule has 0 aliphatic heterocycles. The maximum Gasteiger partial charge on any atom is 0.307 e. The molecule has 0 fully saturated rings. The van der Waals surface area contributed by atoms with Gasteiger partial charge in [0.25, 0.3) is 0 Å². The van der Waals surface area contributed by atoms with Gasteiger partial charge in [-0.2, -0.15) is 0 Å².